The predicted octanol–water partition coefficient (Wildman–Crippen LogP) is 4.50. The van der Waals surface area contributed by atoms with Crippen molar-refractivity contribution in [2.75, 3.05) is 6.54 Å². The molecular formula is C19H23N3O2. The Bertz CT molecular complexity index is 795. The number of piperidine rings is 1. The lowest BCUT2D eigenvalue weighted by Gasteiger charge is -2.36. The highest BCUT2D eigenvalue weighted by molar-refractivity contribution is 5.82. The fraction of sp³-hybridized carbons (Fsp3) is 0.474. The summed E-state index contributed by atoms with van der Waals surface area (Å²) in [5.41, 5.74) is 2.06. The molecule has 5 nitrogen and oxygen atoms in total. The molecule has 1 aliphatic rings. The van der Waals surface area contributed by atoms with Gasteiger partial charge in [0.1, 0.15) is 5.60 Å². The van der Waals surface area contributed by atoms with Crippen molar-refractivity contribution in [1.29, 1.82) is 5.26 Å². The number of H-pyrrole nitrogens is 1. The number of hydrogen-bond donors (Lipinski definition) is 1. The zero-order chi connectivity index (χ0) is 17.3. The average molecular weight is 325 g/mol. The van der Waals surface area contributed by atoms with Crippen LogP contribution in [0.3, 0.4) is 0 Å². The molecule has 0 aliphatic carbocycles. The summed E-state index contributed by atoms with van der Waals surface area (Å²) in [5.74, 6) is 0. The smallest absolute Gasteiger partial charge is 0.410 e. The van der Waals surface area contributed by atoms with Crippen molar-refractivity contribution < 1.29 is 9.53 Å². The normalized spacial score (nSPS) is 18.4. The highest BCUT2D eigenvalue weighted by atomic mass is 16.6. The van der Waals surface area contributed by atoms with E-state index in [0.717, 1.165) is 35.9 Å². The number of carbonyl (C=O) groups excluding carboxylic acids is 1. The van der Waals surface area contributed by atoms with E-state index in [9.17, 15) is 4.79 Å². The molecule has 5 heteroatoms. The summed E-state index contributed by atoms with van der Waals surface area (Å²) in [6, 6.07) is 9.82. The molecule has 2 heterocycles. The first kappa shape index (κ1) is 16.4. The molecule has 0 spiro atoms. The Hall–Kier alpha value is -2.48. The van der Waals surface area contributed by atoms with Crippen molar-refractivity contribution in [2.45, 2.75) is 51.7 Å². The SMILES string of the molecule is CC(C)(C)OC(=O)N1CCCCC1c1cc2ccc(C#N)cc2[nH]1. The van der Waals surface area contributed by atoms with Gasteiger partial charge < -0.3 is 9.72 Å². The second-order valence-corrected chi connectivity index (χ2v) is 7.32. The lowest BCUT2D eigenvalue weighted by atomic mass is 10.00. The molecule has 1 unspecified atom stereocenters. The molecule has 1 aromatic heterocycles. The summed E-state index contributed by atoms with van der Waals surface area (Å²) < 4.78 is 5.57. The van der Waals surface area contributed by atoms with Crippen molar-refractivity contribution >= 4 is 17.0 Å². The van der Waals surface area contributed by atoms with Crippen molar-refractivity contribution in [3.05, 3.63) is 35.5 Å². The predicted molar refractivity (Wildman–Crippen MR) is 92.5 cm³/mol. The Labute approximate surface area is 142 Å². The van der Waals surface area contributed by atoms with E-state index in [4.69, 9.17) is 10.00 Å². The minimum atomic E-state index is -0.499. The van der Waals surface area contributed by atoms with E-state index in [1.807, 2.05) is 43.9 Å². The number of nitrogens with zero attached hydrogens (tertiary/aromatic N) is 2. The van der Waals surface area contributed by atoms with Crippen LogP contribution in [0.5, 0.6) is 0 Å². The number of aromatic amines is 1. The standard InChI is InChI=1S/C19H23N3O2/c1-19(2,3)24-18(23)22-9-5-4-6-17(22)16-11-14-8-7-13(12-20)10-15(14)21-16/h7-8,10-11,17,21H,4-6,9H2,1-3H3. The van der Waals surface area contributed by atoms with E-state index in [1.165, 1.54) is 0 Å². The van der Waals surface area contributed by atoms with Crippen LogP contribution in [-0.2, 0) is 4.74 Å². The van der Waals surface area contributed by atoms with Crippen LogP contribution in [0.25, 0.3) is 10.9 Å². The maximum absolute atomic E-state index is 12.6. The van der Waals surface area contributed by atoms with Gasteiger partial charge in [0.2, 0.25) is 0 Å². The van der Waals surface area contributed by atoms with Gasteiger partial charge in [0.25, 0.3) is 0 Å². The summed E-state index contributed by atoms with van der Waals surface area (Å²) in [5, 5.41) is 10.1. The van der Waals surface area contributed by atoms with Gasteiger partial charge in [0.05, 0.1) is 17.7 Å². The Morgan fingerprint density at radius 3 is 2.83 bits per heavy atom. The number of nitrogens with one attached hydrogen (secondary N) is 1. The van der Waals surface area contributed by atoms with Crippen LogP contribution in [0.2, 0.25) is 0 Å². The summed E-state index contributed by atoms with van der Waals surface area (Å²) in [6.45, 7) is 6.36. The quantitative estimate of drug-likeness (QED) is 0.839. The molecule has 1 aromatic carbocycles. The highest BCUT2D eigenvalue weighted by Crippen LogP contribution is 2.33. The lowest BCUT2D eigenvalue weighted by Crippen LogP contribution is -2.42. The van der Waals surface area contributed by atoms with Crippen LogP contribution < -0.4 is 0 Å². The molecular weight excluding hydrogens is 302 g/mol. The number of aromatic nitrogens is 1. The van der Waals surface area contributed by atoms with E-state index in [0.29, 0.717) is 12.1 Å². The zero-order valence-corrected chi connectivity index (χ0v) is 14.4. The molecule has 1 saturated heterocycles. The van der Waals surface area contributed by atoms with Crippen molar-refractivity contribution in [3.63, 3.8) is 0 Å². The first-order chi connectivity index (χ1) is 11.4. The zero-order valence-electron chi connectivity index (χ0n) is 14.4. The molecule has 1 amide bonds. The van der Waals surface area contributed by atoms with Crippen molar-refractivity contribution in [3.8, 4) is 6.07 Å². The van der Waals surface area contributed by atoms with Crippen LogP contribution in [0.15, 0.2) is 24.3 Å². The van der Waals surface area contributed by atoms with E-state index >= 15 is 0 Å². The second kappa shape index (κ2) is 6.20. The topological polar surface area (TPSA) is 69.1 Å². The third-order valence-corrected chi connectivity index (χ3v) is 4.26. The fourth-order valence-corrected chi connectivity index (χ4v) is 3.19. The molecule has 0 radical (unpaired) electrons. The van der Waals surface area contributed by atoms with Crippen LogP contribution >= 0.6 is 0 Å². The van der Waals surface area contributed by atoms with Gasteiger partial charge in [-0.2, -0.15) is 5.26 Å². The van der Waals surface area contributed by atoms with Gasteiger partial charge in [-0.15, -0.1) is 0 Å². The largest absolute Gasteiger partial charge is 0.444 e. The molecule has 1 aliphatic heterocycles. The number of nitriles is 1. The van der Waals surface area contributed by atoms with E-state index in [1.54, 1.807) is 0 Å². The van der Waals surface area contributed by atoms with Gasteiger partial charge in [0, 0.05) is 17.8 Å². The fourth-order valence-electron chi connectivity index (χ4n) is 3.19. The average Bonchev–Trinajstić information content (AvgIpc) is 2.96. The summed E-state index contributed by atoms with van der Waals surface area (Å²) in [6.07, 6.45) is 2.73. The minimum absolute atomic E-state index is 0.00784. The summed E-state index contributed by atoms with van der Waals surface area (Å²) >= 11 is 0. The van der Waals surface area contributed by atoms with E-state index in [-0.39, 0.29) is 12.1 Å². The third-order valence-electron chi connectivity index (χ3n) is 4.26. The Kier molecular flexibility index (Phi) is 4.23. The first-order valence-corrected chi connectivity index (χ1v) is 8.40. The van der Waals surface area contributed by atoms with Gasteiger partial charge in [0.15, 0.2) is 0 Å². The van der Waals surface area contributed by atoms with Crippen LogP contribution in [0, 0.1) is 11.3 Å². The molecule has 0 bridgehead atoms. The number of amides is 1. The monoisotopic (exact) mass is 325 g/mol. The number of ether oxygens (including phenoxy) is 1. The number of likely N-dealkylation sites (tertiary alicyclic amines) is 1. The maximum Gasteiger partial charge on any atom is 0.410 e. The molecule has 1 fully saturated rings. The second-order valence-electron chi connectivity index (χ2n) is 7.32. The first-order valence-electron chi connectivity index (χ1n) is 8.40. The number of fused-ring (bicyclic) bond motifs is 1. The maximum atomic E-state index is 12.6. The lowest BCUT2D eigenvalue weighted by molar-refractivity contribution is 0.00908. The molecule has 1 atom stereocenters. The minimum Gasteiger partial charge on any atom is -0.444 e. The van der Waals surface area contributed by atoms with Gasteiger partial charge in [-0.05, 0) is 63.6 Å². The van der Waals surface area contributed by atoms with Gasteiger partial charge in [-0.25, -0.2) is 4.79 Å². The number of hydrogen-bond acceptors (Lipinski definition) is 3. The van der Waals surface area contributed by atoms with Crippen LogP contribution in [0.4, 0.5) is 4.79 Å². The summed E-state index contributed by atoms with van der Waals surface area (Å²) in [4.78, 5) is 17.8. The molecule has 126 valence electrons. The summed E-state index contributed by atoms with van der Waals surface area (Å²) in [7, 11) is 0. The van der Waals surface area contributed by atoms with Crippen molar-refractivity contribution in [2.24, 2.45) is 0 Å². The number of carbonyl (C=O) groups is 1. The Morgan fingerprint density at radius 1 is 1.33 bits per heavy atom. The number of rotatable bonds is 1. The Balaban J connectivity index is 1.90. The van der Waals surface area contributed by atoms with E-state index < -0.39 is 5.60 Å². The Morgan fingerprint density at radius 2 is 2.12 bits per heavy atom. The molecule has 1 N–H and O–H groups in total. The van der Waals surface area contributed by atoms with Gasteiger partial charge in [-0.3, -0.25) is 4.90 Å². The van der Waals surface area contributed by atoms with Crippen LogP contribution in [0.1, 0.15) is 57.3 Å². The third kappa shape index (κ3) is 3.38. The molecule has 2 aromatic rings. The van der Waals surface area contributed by atoms with Crippen molar-refractivity contribution in [1.82, 2.24) is 9.88 Å². The molecule has 3 rings (SSSR count). The van der Waals surface area contributed by atoms with Gasteiger partial charge in [-0.1, -0.05) is 6.07 Å². The molecule has 24 heavy (non-hydrogen) atoms. The van der Waals surface area contributed by atoms with Crippen LogP contribution in [-0.4, -0.2) is 28.1 Å². The van der Waals surface area contributed by atoms with Gasteiger partial charge >= 0.3 is 6.09 Å². The molecule has 0 saturated carbocycles. The number of benzene rings is 1. The van der Waals surface area contributed by atoms with E-state index in [2.05, 4.69) is 17.1 Å². The highest BCUT2D eigenvalue weighted by Gasteiger charge is 2.32.